The smallest absolute Gasteiger partial charge is 0.435 e. The van der Waals surface area contributed by atoms with Crippen molar-refractivity contribution in [3.05, 3.63) is 106 Å². The van der Waals surface area contributed by atoms with Crippen LogP contribution in [0.4, 0.5) is 18.0 Å². The Morgan fingerprint density at radius 3 is 2.30 bits per heavy atom. The molecule has 10 nitrogen and oxygen atoms in total. The summed E-state index contributed by atoms with van der Waals surface area (Å²) >= 11 is 0. The van der Waals surface area contributed by atoms with Gasteiger partial charge in [0.2, 0.25) is 0 Å². The first-order chi connectivity index (χ1) is 20.8. The molecule has 44 heavy (non-hydrogen) atoms. The number of alkyl halides is 3. The van der Waals surface area contributed by atoms with E-state index in [-0.39, 0.29) is 35.7 Å². The minimum atomic E-state index is -4.65. The Hall–Kier alpha value is -4.98. The fourth-order valence-electron chi connectivity index (χ4n) is 5.42. The number of benzene rings is 2. The molecule has 0 saturated carbocycles. The van der Waals surface area contributed by atoms with Gasteiger partial charge in [-0.15, -0.1) is 10.2 Å². The topological polar surface area (TPSA) is 127 Å². The largest absolute Gasteiger partial charge is 0.465 e. The summed E-state index contributed by atoms with van der Waals surface area (Å²) in [4.78, 5) is 26.2. The molecule has 14 heteroatoms. The van der Waals surface area contributed by atoms with E-state index in [0.29, 0.717) is 28.7 Å². The fraction of sp³-hybridized carbons (Fsp3) is 0.200. The molecule has 0 aliphatic carbocycles. The van der Waals surface area contributed by atoms with Gasteiger partial charge in [0.1, 0.15) is 0 Å². The first-order valence-corrected chi connectivity index (χ1v) is 14.9. The molecule has 0 fully saturated rings. The molecule has 1 amide bonds. The van der Waals surface area contributed by atoms with E-state index >= 15 is 0 Å². The van der Waals surface area contributed by atoms with Crippen molar-refractivity contribution < 1.29 is 31.5 Å². The predicted octanol–water partition coefficient (Wildman–Crippen LogP) is 4.89. The Labute approximate surface area is 248 Å². The third kappa shape index (κ3) is 5.10. The fourth-order valence-corrected chi connectivity index (χ4v) is 7.01. The molecule has 6 rings (SSSR count). The number of aryl methyl sites for hydroxylation is 1. The second kappa shape index (κ2) is 10.6. The second-order valence-corrected chi connectivity index (χ2v) is 12.2. The maximum absolute atomic E-state index is 14.1. The van der Waals surface area contributed by atoms with Gasteiger partial charge in [-0.1, -0.05) is 23.8 Å². The van der Waals surface area contributed by atoms with E-state index in [2.05, 4.69) is 10.2 Å². The van der Waals surface area contributed by atoms with Crippen molar-refractivity contribution >= 4 is 27.0 Å². The number of aromatic nitrogens is 4. The van der Waals surface area contributed by atoms with Gasteiger partial charge in [0.05, 0.1) is 21.8 Å². The molecular weight excluding hydrogens is 599 g/mol. The van der Waals surface area contributed by atoms with E-state index in [4.69, 9.17) is 0 Å². The average molecular weight is 624 g/mol. The zero-order valence-electron chi connectivity index (χ0n) is 23.1. The van der Waals surface area contributed by atoms with Gasteiger partial charge in [-0.25, -0.2) is 17.2 Å². The molecule has 1 aliphatic rings. The number of pyridine rings is 1. The molecule has 5 aromatic rings. The molecule has 0 bridgehead atoms. The van der Waals surface area contributed by atoms with E-state index < -0.39 is 33.5 Å². The van der Waals surface area contributed by atoms with Crippen LogP contribution in [0.15, 0.2) is 82.6 Å². The second-order valence-electron chi connectivity index (χ2n) is 10.4. The normalized spacial score (nSPS) is 14.0. The molecule has 0 unspecified atom stereocenters. The van der Waals surface area contributed by atoms with Gasteiger partial charge >= 0.3 is 12.3 Å². The molecule has 0 spiro atoms. The van der Waals surface area contributed by atoms with Crippen molar-refractivity contribution in [3.8, 4) is 16.9 Å². The number of carbonyl (C=O) groups is 1. The Morgan fingerprint density at radius 2 is 1.66 bits per heavy atom. The lowest BCUT2D eigenvalue weighted by molar-refractivity contribution is -0.141. The number of nitrogens with zero attached hydrogens (tertiary/aromatic N) is 5. The van der Waals surface area contributed by atoms with Crippen LogP contribution < -0.4 is 5.56 Å². The molecule has 1 aliphatic heterocycles. The molecular formula is C30H24F3N5O5S. The minimum absolute atomic E-state index is 0.0618. The molecule has 226 valence electrons. The summed E-state index contributed by atoms with van der Waals surface area (Å²) in [5.74, 6) is 0. The number of carboxylic acid groups (broad SMARTS) is 1. The average Bonchev–Trinajstić information content (AvgIpc) is 3.13. The van der Waals surface area contributed by atoms with Crippen LogP contribution >= 0.6 is 0 Å². The maximum Gasteiger partial charge on any atom is 0.435 e. The molecule has 0 radical (unpaired) electrons. The summed E-state index contributed by atoms with van der Waals surface area (Å²) < 4.78 is 69.4. The highest BCUT2D eigenvalue weighted by Crippen LogP contribution is 2.34. The third-order valence-electron chi connectivity index (χ3n) is 7.65. The number of halogens is 3. The third-order valence-corrected chi connectivity index (χ3v) is 9.41. The predicted molar refractivity (Wildman–Crippen MR) is 154 cm³/mol. The highest BCUT2D eigenvalue weighted by atomic mass is 32.2. The van der Waals surface area contributed by atoms with Gasteiger partial charge in [-0.3, -0.25) is 9.36 Å². The summed E-state index contributed by atoms with van der Waals surface area (Å²) in [5, 5.41) is 17.0. The van der Waals surface area contributed by atoms with E-state index in [1.807, 2.05) is 6.92 Å². The maximum atomic E-state index is 14.1. The lowest BCUT2D eigenvalue weighted by atomic mass is 10.1. The molecule has 0 atom stereocenters. The van der Waals surface area contributed by atoms with E-state index in [0.717, 1.165) is 23.3 Å². The van der Waals surface area contributed by atoms with Crippen LogP contribution in [0.25, 0.3) is 27.8 Å². The number of hydrogen-bond acceptors (Lipinski definition) is 6. The summed E-state index contributed by atoms with van der Waals surface area (Å²) in [5.41, 5.74) is 1.42. The molecule has 3 aromatic heterocycles. The molecule has 1 N–H and O–H groups in total. The summed E-state index contributed by atoms with van der Waals surface area (Å²) in [6.45, 7) is 2.15. The van der Waals surface area contributed by atoms with Gasteiger partial charge in [0.15, 0.2) is 5.69 Å². The quantitative estimate of drug-likeness (QED) is 0.302. The molecule has 2 aromatic carbocycles. The monoisotopic (exact) mass is 623 g/mol. The van der Waals surface area contributed by atoms with E-state index in [1.54, 1.807) is 30.3 Å². The Bertz CT molecular complexity index is 2090. The first kappa shape index (κ1) is 29.1. The lowest BCUT2D eigenvalue weighted by Gasteiger charge is -2.17. The van der Waals surface area contributed by atoms with Gasteiger partial charge in [-0.2, -0.15) is 13.2 Å². The zero-order chi connectivity index (χ0) is 31.4. The zero-order valence-corrected chi connectivity index (χ0v) is 23.9. The Balaban J connectivity index is 1.47. The van der Waals surface area contributed by atoms with Crippen LogP contribution in [-0.4, -0.2) is 56.3 Å². The van der Waals surface area contributed by atoms with Crippen LogP contribution in [0.5, 0.6) is 0 Å². The minimum Gasteiger partial charge on any atom is -0.465 e. The highest BCUT2D eigenvalue weighted by molar-refractivity contribution is 7.90. The first-order valence-electron chi connectivity index (χ1n) is 13.5. The number of hydrogen-bond donors (Lipinski definition) is 1. The van der Waals surface area contributed by atoms with E-state index in [1.165, 1.54) is 43.9 Å². The van der Waals surface area contributed by atoms with Gasteiger partial charge in [-0.05, 0) is 61.4 Å². The summed E-state index contributed by atoms with van der Waals surface area (Å²) in [7, 11) is -4.13. The number of amides is 1. The van der Waals surface area contributed by atoms with Crippen molar-refractivity contribution in [2.45, 2.75) is 30.8 Å². The Kier molecular flexibility index (Phi) is 7.03. The van der Waals surface area contributed by atoms with Crippen LogP contribution in [-0.2, 0) is 29.0 Å². The van der Waals surface area contributed by atoms with Crippen molar-refractivity contribution in [3.63, 3.8) is 0 Å². The van der Waals surface area contributed by atoms with E-state index in [9.17, 15) is 36.3 Å². The Morgan fingerprint density at radius 1 is 0.932 bits per heavy atom. The highest BCUT2D eigenvalue weighted by Gasteiger charge is 2.33. The van der Waals surface area contributed by atoms with Crippen LogP contribution in [0.1, 0.15) is 22.5 Å². The van der Waals surface area contributed by atoms with Gasteiger partial charge < -0.3 is 10.0 Å². The van der Waals surface area contributed by atoms with Crippen LogP contribution in [0, 0.1) is 6.92 Å². The van der Waals surface area contributed by atoms with Crippen molar-refractivity contribution in [1.29, 1.82) is 0 Å². The van der Waals surface area contributed by atoms with Crippen molar-refractivity contribution in [1.82, 2.24) is 23.6 Å². The number of rotatable bonds is 4. The molecule has 4 heterocycles. The number of fused-ring (bicyclic) bond motifs is 3. The SMILES string of the molecule is Cc1ccc(S(=O)(=O)n2c3c(c4ccc(-n5ccc(-c6ccc(C(F)(F)F)nn6)cc5=O)cc42)CCN(C(=O)O)CC3)cc1. The van der Waals surface area contributed by atoms with Gasteiger partial charge in [0.25, 0.3) is 15.6 Å². The summed E-state index contributed by atoms with van der Waals surface area (Å²) in [6, 6.07) is 16.0. The van der Waals surface area contributed by atoms with Crippen molar-refractivity contribution in [2.24, 2.45) is 0 Å². The van der Waals surface area contributed by atoms with Crippen LogP contribution in [0.3, 0.4) is 0 Å². The molecule has 0 saturated heterocycles. The van der Waals surface area contributed by atoms with Crippen LogP contribution in [0.2, 0.25) is 0 Å². The summed E-state index contributed by atoms with van der Waals surface area (Å²) in [6.07, 6.45) is -3.84. The van der Waals surface area contributed by atoms with Gasteiger partial charge in [0, 0.05) is 48.4 Å². The standard InChI is InChI=1S/C30H24F3N5O5S/c1-18-2-5-21(6-3-18)44(42,43)38-25-12-14-36(29(40)41)13-11-23(25)22-7-4-20(17-26(22)38)37-15-10-19(16-28(37)39)24-8-9-27(35-34-24)30(31,32)33/h2-10,15-17H,11-14H2,1H3,(H,40,41). The lowest BCUT2D eigenvalue weighted by Crippen LogP contribution is -2.32. The van der Waals surface area contributed by atoms with Crippen molar-refractivity contribution in [2.75, 3.05) is 13.1 Å².